The average Bonchev–Trinajstić information content (AvgIpc) is 3.67. The van der Waals surface area contributed by atoms with E-state index in [1.807, 2.05) is 0 Å². The van der Waals surface area contributed by atoms with Crippen molar-refractivity contribution in [3.05, 3.63) is 71.0 Å². The van der Waals surface area contributed by atoms with E-state index < -0.39 is 28.9 Å². The Morgan fingerprint density at radius 2 is 1.92 bits per heavy atom. The average molecular weight is 518 g/mol. The van der Waals surface area contributed by atoms with Crippen LogP contribution in [0.2, 0.25) is 0 Å². The number of nitrogens with two attached hydrogens (primary N) is 1. The van der Waals surface area contributed by atoms with Gasteiger partial charge in [0, 0.05) is 31.0 Å². The molecule has 1 aliphatic carbocycles. The Kier molecular flexibility index (Phi) is 6.77. The highest BCUT2D eigenvalue weighted by atomic mass is 19.4. The number of aromatic nitrogens is 2. The molecule has 0 spiro atoms. The predicted octanol–water partition coefficient (Wildman–Crippen LogP) is 4.42. The number of rotatable bonds is 6. The number of alkyl halides is 3. The SMILES string of the molecule is CN=C(C=C(N)C(F)(F)F)C1=CC=[N+]=C(C(C)(C)c2nccc(-c3c(F)cc(F)cc3C3CC3)n2)N1C. The number of benzene rings is 1. The van der Waals surface area contributed by atoms with Crippen LogP contribution in [0.3, 0.4) is 0 Å². The van der Waals surface area contributed by atoms with Gasteiger partial charge in [0.1, 0.15) is 34.3 Å². The van der Waals surface area contributed by atoms with Crippen LogP contribution in [0.1, 0.15) is 44.0 Å². The van der Waals surface area contributed by atoms with Gasteiger partial charge in [-0.2, -0.15) is 13.2 Å². The molecule has 1 aromatic carbocycles. The topological polar surface area (TPSA) is 81.5 Å². The summed E-state index contributed by atoms with van der Waals surface area (Å²) >= 11 is 0. The molecule has 1 saturated carbocycles. The zero-order chi connectivity index (χ0) is 27.1. The molecule has 2 aromatic rings. The van der Waals surface area contributed by atoms with E-state index in [9.17, 15) is 22.0 Å². The van der Waals surface area contributed by atoms with Crippen LogP contribution in [0.4, 0.5) is 22.0 Å². The standard InChI is InChI=1S/C26H26F5N6/c1-25(2,24-35-10-8-20(37(24)4)19(33-3)13-21(32)26(29,30)31)23-34-9-7-18(36-23)22-16(14-5-6-14)11-15(27)12-17(22)28/h7-14H,5-6,32H2,1-4H3/q+1. The molecular formula is C26H26F5N6+. The van der Waals surface area contributed by atoms with E-state index >= 15 is 0 Å². The Hall–Kier alpha value is -3.85. The summed E-state index contributed by atoms with van der Waals surface area (Å²) in [5, 5.41) is 0. The minimum atomic E-state index is -4.70. The second-order valence-corrected chi connectivity index (χ2v) is 9.44. The molecule has 1 aliphatic heterocycles. The molecule has 2 N–H and O–H groups in total. The monoisotopic (exact) mass is 517 g/mol. The van der Waals surface area contributed by atoms with Crippen LogP contribution >= 0.6 is 0 Å². The first kappa shape index (κ1) is 26.2. The van der Waals surface area contributed by atoms with E-state index in [2.05, 4.69) is 19.6 Å². The molecule has 0 amide bonds. The van der Waals surface area contributed by atoms with Gasteiger partial charge in [-0.05, 0) is 56.4 Å². The zero-order valence-corrected chi connectivity index (χ0v) is 20.7. The Morgan fingerprint density at radius 1 is 1.22 bits per heavy atom. The van der Waals surface area contributed by atoms with Crippen molar-refractivity contribution < 1.29 is 22.0 Å². The Labute approximate surface area is 210 Å². The van der Waals surface area contributed by atoms with E-state index in [4.69, 9.17) is 5.73 Å². The maximum absolute atomic E-state index is 14.9. The summed E-state index contributed by atoms with van der Waals surface area (Å²) in [6.07, 6.45) is 2.22. The van der Waals surface area contributed by atoms with Gasteiger partial charge in [0.15, 0.2) is 11.9 Å². The van der Waals surface area contributed by atoms with Crippen LogP contribution in [0.25, 0.3) is 11.3 Å². The summed E-state index contributed by atoms with van der Waals surface area (Å²) in [6.45, 7) is 3.59. The number of hydrogen-bond donors (Lipinski definition) is 1. The van der Waals surface area contributed by atoms with Crippen LogP contribution in [0, 0.1) is 11.6 Å². The third kappa shape index (κ3) is 5.17. The van der Waals surface area contributed by atoms with Crippen molar-refractivity contribution in [2.24, 2.45) is 10.7 Å². The number of likely N-dealkylation sites (N-methyl/N-ethyl adjacent to an activating group) is 1. The molecule has 4 rings (SSSR count). The Balaban J connectivity index is 1.71. The Bertz CT molecular complexity index is 1390. The van der Waals surface area contributed by atoms with Crippen molar-refractivity contribution in [1.82, 2.24) is 19.5 Å². The van der Waals surface area contributed by atoms with Crippen LogP contribution < -0.4 is 10.4 Å². The summed E-state index contributed by atoms with van der Waals surface area (Å²) in [7, 11) is 3.00. The third-order valence-corrected chi connectivity index (χ3v) is 6.36. The van der Waals surface area contributed by atoms with Crippen molar-refractivity contribution in [3.63, 3.8) is 0 Å². The van der Waals surface area contributed by atoms with Crippen molar-refractivity contribution >= 4 is 17.8 Å². The third-order valence-electron chi connectivity index (χ3n) is 6.36. The van der Waals surface area contributed by atoms with Crippen LogP contribution in [0.5, 0.6) is 0 Å². The van der Waals surface area contributed by atoms with Gasteiger partial charge in [-0.15, -0.1) is 0 Å². The van der Waals surface area contributed by atoms with Gasteiger partial charge in [-0.3, -0.25) is 4.99 Å². The molecule has 0 atom stereocenters. The molecule has 1 fully saturated rings. The van der Waals surface area contributed by atoms with E-state index in [1.54, 1.807) is 31.9 Å². The van der Waals surface area contributed by atoms with Crippen molar-refractivity contribution in [2.45, 2.75) is 44.2 Å². The first-order chi connectivity index (χ1) is 17.3. The molecule has 0 bridgehead atoms. The van der Waals surface area contributed by atoms with Crippen molar-refractivity contribution in [2.75, 3.05) is 14.1 Å². The lowest BCUT2D eigenvalue weighted by atomic mass is 9.88. The first-order valence-electron chi connectivity index (χ1n) is 11.5. The number of amidine groups is 1. The van der Waals surface area contributed by atoms with Gasteiger partial charge in [-0.1, -0.05) is 0 Å². The molecule has 2 aliphatic rings. The first-order valence-corrected chi connectivity index (χ1v) is 11.5. The molecule has 194 valence electrons. The molecule has 11 heteroatoms. The van der Waals surface area contributed by atoms with Gasteiger partial charge >= 0.3 is 12.0 Å². The second kappa shape index (κ2) is 9.55. The van der Waals surface area contributed by atoms with Crippen molar-refractivity contribution in [3.8, 4) is 11.3 Å². The highest BCUT2D eigenvalue weighted by molar-refractivity contribution is 6.14. The summed E-state index contributed by atoms with van der Waals surface area (Å²) in [6, 6.07) is 3.75. The van der Waals surface area contributed by atoms with Gasteiger partial charge in [-0.25, -0.2) is 28.3 Å². The van der Waals surface area contributed by atoms with Gasteiger partial charge in [0.2, 0.25) is 0 Å². The zero-order valence-electron chi connectivity index (χ0n) is 20.7. The maximum Gasteiger partial charge on any atom is 0.430 e. The van der Waals surface area contributed by atoms with E-state index in [0.29, 0.717) is 28.6 Å². The van der Waals surface area contributed by atoms with E-state index in [1.165, 1.54) is 31.6 Å². The molecular weight excluding hydrogens is 491 g/mol. The normalized spacial score (nSPS) is 17.2. The minimum absolute atomic E-state index is 0.00824. The van der Waals surface area contributed by atoms with Crippen LogP contribution in [-0.2, 0) is 5.41 Å². The maximum atomic E-state index is 14.9. The molecule has 1 aromatic heterocycles. The highest BCUT2D eigenvalue weighted by Crippen LogP contribution is 2.45. The lowest BCUT2D eigenvalue weighted by Crippen LogP contribution is -2.46. The molecule has 6 nitrogen and oxygen atoms in total. The molecule has 0 saturated heterocycles. The fourth-order valence-electron chi connectivity index (χ4n) is 4.29. The second-order valence-electron chi connectivity index (χ2n) is 9.44. The summed E-state index contributed by atoms with van der Waals surface area (Å²) < 4.78 is 72.4. The minimum Gasteiger partial charge on any atom is -0.395 e. The molecule has 2 heterocycles. The van der Waals surface area contributed by atoms with E-state index in [0.717, 1.165) is 25.0 Å². The Morgan fingerprint density at radius 3 is 2.54 bits per heavy atom. The van der Waals surface area contributed by atoms with Gasteiger partial charge in [0.05, 0.1) is 12.7 Å². The summed E-state index contributed by atoms with van der Waals surface area (Å²) in [5.74, 6) is -0.542. The van der Waals surface area contributed by atoms with Crippen LogP contribution in [0.15, 0.2) is 52.9 Å². The number of halogens is 5. The highest BCUT2D eigenvalue weighted by Gasteiger charge is 2.44. The fraction of sp³-hybridized carbons (Fsp3) is 0.346. The number of nitrogens with zero attached hydrogens (tertiary/aromatic N) is 5. The lowest BCUT2D eigenvalue weighted by Gasteiger charge is -2.26. The predicted molar refractivity (Wildman–Crippen MR) is 133 cm³/mol. The molecule has 37 heavy (non-hydrogen) atoms. The fourth-order valence-corrected chi connectivity index (χ4v) is 4.29. The molecule has 0 unspecified atom stereocenters. The lowest BCUT2D eigenvalue weighted by molar-refractivity contribution is -0.0925. The van der Waals surface area contributed by atoms with Crippen LogP contribution in [-0.4, -0.2) is 52.9 Å². The smallest absolute Gasteiger partial charge is 0.395 e. The number of hydrogen-bond acceptors (Lipinski definition) is 5. The number of allylic oxidation sites excluding steroid dienone is 3. The molecule has 0 radical (unpaired) electrons. The quantitative estimate of drug-likeness (QED) is 0.350. The number of aliphatic imine (C=N–C) groups is 1. The van der Waals surface area contributed by atoms with Crippen molar-refractivity contribution in [1.29, 1.82) is 0 Å². The van der Waals surface area contributed by atoms with Gasteiger partial charge in [0.25, 0.3) is 0 Å². The summed E-state index contributed by atoms with van der Waals surface area (Å²) in [4.78, 5) is 14.6. The van der Waals surface area contributed by atoms with E-state index in [-0.39, 0.29) is 17.2 Å². The largest absolute Gasteiger partial charge is 0.430 e. The summed E-state index contributed by atoms with van der Waals surface area (Å²) in [5.41, 5.74) is 4.44. The van der Waals surface area contributed by atoms with Gasteiger partial charge < -0.3 is 5.73 Å².